The Morgan fingerprint density at radius 1 is 1.50 bits per heavy atom. The third-order valence-electron chi connectivity index (χ3n) is 3.06. The van der Waals surface area contributed by atoms with Gasteiger partial charge in [0.2, 0.25) is 0 Å². The van der Waals surface area contributed by atoms with Crippen LogP contribution >= 0.6 is 11.6 Å². The highest BCUT2D eigenvalue weighted by atomic mass is 35.5. The Hall–Kier alpha value is -0.580. The highest BCUT2D eigenvalue weighted by Gasteiger charge is 2.17. The van der Waals surface area contributed by atoms with Gasteiger partial charge in [0, 0.05) is 32.7 Å². The first kappa shape index (κ1) is 15.5. The molecule has 0 saturated carbocycles. The number of halogens is 1. The number of aromatic nitrogens is 2. The molecular formula is C13H24ClN3O. The molecule has 0 fully saturated rings. The van der Waals surface area contributed by atoms with Crippen LogP contribution in [0.3, 0.4) is 0 Å². The maximum absolute atomic E-state index is 6.27. The summed E-state index contributed by atoms with van der Waals surface area (Å²) in [5, 5.41) is 5.16. The third kappa shape index (κ3) is 3.97. The molecule has 0 aliphatic rings. The van der Waals surface area contributed by atoms with E-state index in [1.165, 1.54) is 0 Å². The van der Waals surface area contributed by atoms with Crippen LogP contribution in [-0.2, 0) is 17.7 Å². The Kier molecular flexibility index (Phi) is 6.12. The molecule has 2 atom stereocenters. The van der Waals surface area contributed by atoms with Crippen molar-refractivity contribution in [3.8, 4) is 0 Å². The number of hydrogen-bond acceptors (Lipinski definition) is 3. The van der Waals surface area contributed by atoms with Gasteiger partial charge in [-0.3, -0.25) is 4.68 Å². The topological polar surface area (TPSA) is 53.1 Å². The van der Waals surface area contributed by atoms with E-state index < -0.39 is 0 Å². The fraction of sp³-hybridized carbons (Fsp3) is 0.769. The van der Waals surface area contributed by atoms with Crippen LogP contribution in [0.5, 0.6) is 0 Å². The van der Waals surface area contributed by atoms with Crippen molar-refractivity contribution < 1.29 is 4.74 Å². The normalized spacial score (nSPS) is 14.8. The Balaban J connectivity index is 2.66. The maximum Gasteiger partial charge on any atom is 0.0847 e. The van der Waals surface area contributed by atoms with Gasteiger partial charge in [-0.05, 0) is 26.2 Å². The zero-order valence-corrected chi connectivity index (χ0v) is 12.5. The van der Waals surface area contributed by atoms with Gasteiger partial charge in [0.05, 0.1) is 16.4 Å². The number of methoxy groups -OCH3 is 1. The number of hydrogen-bond donors (Lipinski definition) is 1. The predicted molar refractivity (Wildman–Crippen MR) is 75.0 cm³/mol. The smallest absolute Gasteiger partial charge is 0.0847 e. The van der Waals surface area contributed by atoms with Crippen LogP contribution < -0.4 is 5.73 Å². The van der Waals surface area contributed by atoms with Crippen molar-refractivity contribution in [3.63, 3.8) is 0 Å². The predicted octanol–water partition coefficient (Wildman–Crippen LogP) is 2.41. The second-order valence-electron chi connectivity index (χ2n) is 4.92. The lowest BCUT2D eigenvalue weighted by atomic mass is 9.99. The van der Waals surface area contributed by atoms with Crippen LogP contribution in [0.25, 0.3) is 0 Å². The quantitative estimate of drug-likeness (QED) is 0.830. The molecule has 0 aliphatic carbocycles. The summed E-state index contributed by atoms with van der Waals surface area (Å²) in [6, 6.07) is 0.0917. The van der Waals surface area contributed by atoms with Crippen molar-refractivity contribution >= 4 is 11.6 Å². The SMILES string of the molecule is CCn1nc(C)c(Cl)c1CC(N)CC(C)COC. The first-order valence-electron chi connectivity index (χ1n) is 6.45. The first-order chi connectivity index (χ1) is 8.49. The number of aryl methyl sites for hydroxylation is 2. The summed E-state index contributed by atoms with van der Waals surface area (Å²) in [6.07, 6.45) is 1.69. The average molecular weight is 274 g/mol. The van der Waals surface area contributed by atoms with Crippen LogP contribution in [0.15, 0.2) is 0 Å². The van der Waals surface area contributed by atoms with Gasteiger partial charge in [0.15, 0.2) is 0 Å². The first-order valence-corrected chi connectivity index (χ1v) is 6.83. The molecule has 1 aromatic rings. The van der Waals surface area contributed by atoms with Crippen LogP contribution in [0.1, 0.15) is 31.7 Å². The molecule has 18 heavy (non-hydrogen) atoms. The summed E-state index contributed by atoms with van der Waals surface area (Å²) in [4.78, 5) is 0. The molecule has 0 radical (unpaired) electrons. The van der Waals surface area contributed by atoms with E-state index in [0.717, 1.165) is 42.4 Å². The van der Waals surface area contributed by atoms with E-state index in [0.29, 0.717) is 5.92 Å². The minimum atomic E-state index is 0.0917. The molecular weight excluding hydrogens is 250 g/mol. The molecule has 0 saturated heterocycles. The molecule has 4 nitrogen and oxygen atoms in total. The highest BCUT2D eigenvalue weighted by molar-refractivity contribution is 6.31. The highest BCUT2D eigenvalue weighted by Crippen LogP contribution is 2.22. The monoisotopic (exact) mass is 273 g/mol. The Labute approximate surface area is 114 Å². The van der Waals surface area contributed by atoms with Crippen molar-refractivity contribution in [1.82, 2.24) is 9.78 Å². The molecule has 104 valence electrons. The van der Waals surface area contributed by atoms with Crippen molar-refractivity contribution in [1.29, 1.82) is 0 Å². The fourth-order valence-corrected chi connectivity index (χ4v) is 2.48. The lowest BCUT2D eigenvalue weighted by Crippen LogP contribution is -2.28. The van der Waals surface area contributed by atoms with Gasteiger partial charge in [0.1, 0.15) is 0 Å². The van der Waals surface area contributed by atoms with E-state index in [4.69, 9.17) is 22.1 Å². The van der Waals surface area contributed by atoms with Gasteiger partial charge >= 0.3 is 0 Å². The minimum absolute atomic E-state index is 0.0917. The largest absolute Gasteiger partial charge is 0.384 e. The van der Waals surface area contributed by atoms with E-state index in [1.807, 2.05) is 11.6 Å². The zero-order chi connectivity index (χ0) is 13.7. The lowest BCUT2D eigenvalue weighted by Gasteiger charge is -2.17. The van der Waals surface area contributed by atoms with Crippen molar-refractivity contribution in [3.05, 3.63) is 16.4 Å². The fourth-order valence-electron chi connectivity index (χ4n) is 2.27. The number of nitrogens with two attached hydrogens (primary N) is 1. The van der Waals surface area contributed by atoms with E-state index >= 15 is 0 Å². The number of nitrogens with zero attached hydrogens (tertiary/aromatic N) is 2. The van der Waals surface area contributed by atoms with Crippen molar-refractivity contribution in [2.24, 2.45) is 11.7 Å². The average Bonchev–Trinajstić information content (AvgIpc) is 2.57. The zero-order valence-electron chi connectivity index (χ0n) is 11.7. The summed E-state index contributed by atoms with van der Waals surface area (Å²) in [5.74, 6) is 0.461. The Morgan fingerprint density at radius 2 is 2.17 bits per heavy atom. The Bertz CT molecular complexity index is 379. The lowest BCUT2D eigenvalue weighted by molar-refractivity contribution is 0.152. The molecule has 2 N–H and O–H groups in total. The van der Waals surface area contributed by atoms with Gasteiger partial charge in [-0.15, -0.1) is 0 Å². The summed E-state index contributed by atoms with van der Waals surface area (Å²) in [5.41, 5.74) is 8.11. The van der Waals surface area contributed by atoms with Gasteiger partial charge in [0.25, 0.3) is 0 Å². The Morgan fingerprint density at radius 3 is 2.72 bits per heavy atom. The van der Waals surface area contributed by atoms with E-state index in [2.05, 4.69) is 18.9 Å². The molecule has 1 aromatic heterocycles. The summed E-state index contributed by atoms with van der Waals surface area (Å²) < 4.78 is 7.07. The molecule has 5 heteroatoms. The van der Waals surface area contributed by atoms with Crippen molar-refractivity contribution in [2.75, 3.05) is 13.7 Å². The van der Waals surface area contributed by atoms with Crippen LogP contribution in [0, 0.1) is 12.8 Å². The van der Waals surface area contributed by atoms with E-state index in [9.17, 15) is 0 Å². The molecule has 2 unspecified atom stereocenters. The number of ether oxygens (including phenoxy) is 1. The molecule has 1 rings (SSSR count). The van der Waals surface area contributed by atoms with Crippen LogP contribution in [0.4, 0.5) is 0 Å². The molecule has 0 aromatic carbocycles. The maximum atomic E-state index is 6.27. The van der Waals surface area contributed by atoms with Crippen LogP contribution in [0.2, 0.25) is 5.02 Å². The molecule has 0 amide bonds. The molecule has 0 aliphatic heterocycles. The van der Waals surface area contributed by atoms with E-state index in [1.54, 1.807) is 7.11 Å². The number of rotatable bonds is 7. The van der Waals surface area contributed by atoms with Crippen LogP contribution in [-0.4, -0.2) is 29.5 Å². The minimum Gasteiger partial charge on any atom is -0.384 e. The summed E-state index contributed by atoms with van der Waals surface area (Å²) >= 11 is 6.27. The summed E-state index contributed by atoms with van der Waals surface area (Å²) in [6.45, 7) is 7.70. The second-order valence-corrected chi connectivity index (χ2v) is 5.30. The van der Waals surface area contributed by atoms with Gasteiger partial charge in [-0.25, -0.2) is 0 Å². The molecule has 0 spiro atoms. The van der Waals surface area contributed by atoms with Crippen molar-refractivity contribution in [2.45, 2.75) is 46.2 Å². The van der Waals surface area contributed by atoms with Gasteiger partial charge in [-0.2, -0.15) is 5.10 Å². The van der Waals surface area contributed by atoms with E-state index in [-0.39, 0.29) is 6.04 Å². The standard InChI is InChI=1S/C13H24ClN3O/c1-5-17-12(13(14)10(3)16-17)7-11(15)6-9(2)8-18-4/h9,11H,5-8,15H2,1-4H3. The second kappa shape index (κ2) is 7.12. The third-order valence-corrected chi connectivity index (χ3v) is 3.56. The molecule has 0 bridgehead atoms. The summed E-state index contributed by atoms with van der Waals surface area (Å²) in [7, 11) is 1.72. The van der Waals surface area contributed by atoms with Gasteiger partial charge < -0.3 is 10.5 Å². The van der Waals surface area contributed by atoms with Gasteiger partial charge in [-0.1, -0.05) is 18.5 Å². The molecule has 1 heterocycles.